The molecule has 0 aliphatic rings. The molecule has 0 saturated heterocycles. The van der Waals surface area contributed by atoms with Crippen LogP contribution in [0.25, 0.3) is 0 Å². The first-order valence-corrected chi connectivity index (χ1v) is 6.86. The summed E-state index contributed by atoms with van der Waals surface area (Å²) in [7, 11) is 0. The van der Waals surface area contributed by atoms with Gasteiger partial charge in [-0.25, -0.2) is 0 Å². The second-order valence-electron chi connectivity index (χ2n) is 5.99. The quantitative estimate of drug-likeness (QED) is 0.909. The molecule has 0 aliphatic heterocycles. The van der Waals surface area contributed by atoms with Gasteiger partial charge in [0.1, 0.15) is 11.5 Å². The number of ether oxygens (including phenoxy) is 1. The van der Waals surface area contributed by atoms with Crippen LogP contribution in [0.5, 0.6) is 11.5 Å². The zero-order valence-electron chi connectivity index (χ0n) is 12.6. The number of pyridine rings is 1. The van der Waals surface area contributed by atoms with Gasteiger partial charge in [-0.3, -0.25) is 4.98 Å². The third-order valence-corrected chi connectivity index (χ3v) is 2.92. The number of hydrogen-bond acceptors (Lipinski definition) is 3. The molecular formula is C17H22N2O. The van der Waals surface area contributed by atoms with E-state index in [-0.39, 0.29) is 5.54 Å². The van der Waals surface area contributed by atoms with Crippen molar-refractivity contribution in [3.63, 3.8) is 0 Å². The van der Waals surface area contributed by atoms with E-state index in [1.54, 1.807) is 12.4 Å². The fourth-order valence-corrected chi connectivity index (χ4v) is 1.84. The molecule has 2 rings (SSSR count). The molecule has 0 amide bonds. The van der Waals surface area contributed by atoms with Crippen LogP contribution in [0.15, 0.2) is 42.7 Å². The summed E-state index contributed by atoms with van der Waals surface area (Å²) in [6, 6.07) is 10.0. The van der Waals surface area contributed by atoms with Crippen LogP contribution in [0, 0.1) is 6.92 Å². The van der Waals surface area contributed by atoms with Crippen LogP contribution in [-0.2, 0) is 6.54 Å². The monoisotopic (exact) mass is 270 g/mol. The van der Waals surface area contributed by atoms with Crippen LogP contribution in [0.4, 0.5) is 0 Å². The standard InChI is InChI=1S/C17H22N2O/c1-13-10-14(11-19-17(2,3)4)7-8-16(13)20-15-6-5-9-18-12-15/h5-10,12,19H,11H2,1-4H3. The molecule has 1 aromatic heterocycles. The Morgan fingerprint density at radius 2 is 2.00 bits per heavy atom. The van der Waals surface area contributed by atoms with E-state index in [0.29, 0.717) is 0 Å². The minimum absolute atomic E-state index is 0.124. The van der Waals surface area contributed by atoms with Gasteiger partial charge in [-0.2, -0.15) is 0 Å². The van der Waals surface area contributed by atoms with Crippen LogP contribution in [0.3, 0.4) is 0 Å². The zero-order valence-corrected chi connectivity index (χ0v) is 12.6. The number of aromatic nitrogens is 1. The van der Waals surface area contributed by atoms with E-state index in [0.717, 1.165) is 23.6 Å². The maximum atomic E-state index is 5.83. The molecule has 0 radical (unpaired) electrons. The number of aryl methyl sites for hydroxylation is 1. The van der Waals surface area contributed by atoms with Crippen molar-refractivity contribution in [1.82, 2.24) is 10.3 Å². The lowest BCUT2D eigenvalue weighted by atomic mass is 10.1. The van der Waals surface area contributed by atoms with E-state index in [2.05, 4.69) is 50.1 Å². The third-order valence-electron chi connectivity index (χ3n) is 2.92. The SMILES string of the molecule is Cc1cc(CNC(C)(C)C)ccc1Oc1cccnc1. The second-order valence-corrected chi connectivity index (χ2v) is 5.99. The lowest BCUT2D eigenvalue weighted by Gasteiger charge is -2.21. The largest absolute Gasteiger partial charge is 0.455 e. The molecule has 2 aromatic rings. The molecule has 20 heavy (non-hydrogen) atoms. The maximum absolute atomic E-state index is 5.83. The molecule has 1 heterocycles. The molecule has 0 saturated carbocycles. The van der Waals surface area contributed by atoms with Crippen LogP contribution < -0.4 is 10.1 Å². The van der Waals surface area contributed by atoms with Crippen molar-refractivity contribution < 1.29 is 4.74 Å². The van der Waals surface area contributed by atoms with Gasteiger partial charge in [0.15, 0.2) is 0 Å². The molecule has 1 N–H and O–H groups in total. The van der Waals surface area contributed by atoms with Gasteiger partial charge in [0.2, 0.25) is 0 Å². The van der Waals surface area contributed by atoms with Crippen LogP contribution in [-0.4, -0.2) is 10.5 Å². The highest BCUT2D eigenvalue weighted by molar-refractivity contribution is 5.39. The summed E-state index contributed by atoms with van der Waals surface area (Å²) in [4.78, 5) is 4.05. The Morgan fingerprint density at radius 3 is 2.60 bits per heavy atom. The zero-order chi connectivity index (χ0) is 14.6. The normalized spacial score (nSPS) is 11.4. The number of nitrogens with zero attached hydrogens (tertiary/aromatic N) is 1. The van der Waals surface area contributed by atoms with Gasteiger partial charge in [0.25, 0.3) is 0 Å². The highest BCUT2D eigenvalue weighted by Gasteiger charge is 2.09. The number of benzene rings is 1. The van der Waals surface area contributed by atoms with E-state index in [9.17, 15) is 0 Å². The molecule has 0 atom stereocenters. The van der Waals surface area contributed by atoms with Crippen molar-refractivity contribution >= 4 is 0 Å². The minimum atomic E-state index is 0.124. The second kappa shape index (κ2) is 6.06. The Bertz CT molecular complexity index is 559. The van der Waals surface area contributed by atoms with Gasteiger partial charge in [0, 0.05) is 18.3 Å². The van der Waals surface area contributed by atoms with E-state index in [1.165, 1.54) is 5.56 Å². The van der Waals surface area contributed by atoms with E-state index in [1.807, 2.05) is 18.2 Å². The molecule has 0 aliphatic carbocycles. The Labute approximate surface area is 121 Å². The first-order chi connectivity index (χ1) is 9.44. The van der Waals surface area contributed by atoms with Gasteiger partial charge in [-0.1, -0.05) is 12.1 Å². The average molecular weight is 270 g/mol. The lowest BCUT2D eigenvalue weighted by molar-refractivity contribution is 0.424. The molecule has 1 aromatic carbocycles. The highest BCUT2D eigenvalue weighted by atomic mass is 16.5. The summed E-state index contributed by atoms with van der Waals surface area (Å²) >= 11 is 0. The van der Waals surface area contributed by atoms with Gasteiger partial charge in [0.05, 0.1) is 6.20 Å². The van der Waals surface area contributed by atoms with Crippen LogP contribution in [0.1, 0.15) is 31.9 Å². The predicted molar refractivity (Wildman–Crippen MR) is 82.1 cm³/mol. The van der Waals surface area contributed by atoms with Crippen molar-refractivity contribution in [2.45, 2.75) is 39.8 Å². The topological polar surface area (TPSA) is 34.1 Å². The summed E-state index contributed by atoms with van der Waals surface area (Å²) in [6.07, 6.45) is 3.45. The number of rotatable bonds is 4. The first-order valence-electron chi connectivity index (χ1n) is 6.86. The van der Waals surface area contributed by atoms with Crippen molar-refractivity contribution in [2.75, 3.05) is 0 Å². The van der Waals surface area contributed by atoms with Crippen molar-refractivity contribution in [3.05, 3.63) is 53.9 Å². The van der Waals surface area contributed by atoms with Crippen molar-refractivity contribution in [1.29, 1.82) is 0 Å². The fourth-order valence-electron chi connectivity index (χ4n) is 1.84. The van der Waals surface area contributed by atoms with E-state index in [4.69, 9.17) is 4.74 Å². The van der Waals surface area contributed by atoms with Gasteiger partial charge < -0.3 is 10.1 Å². The number of nitrogens with one attached hydrogen (secondary N) is 1. The Kier molecular flexibility index (Phi) is 4.40. The first kappa shape index (κ1) is 14.5. The van der Waals surface area contributed by atoms with Gasteiger partial charge >= 0.3 is 0 Å². The Hall–Kier alpha value is -1.87. The molecule has 3 nitrogen and oxygen atoms in total. The predicted octanol–water partition coefficient (Wildman–Crippen LogP) is 4.07. The van der Waals surface area contributed by atoms with E-state index >= 15 is 0 Å². The molecular weight excluding hydrogens is 248 g/mol. The third kappa shape index (κ3) is 4.35. The summed E-state index contributed by atoms with van der Waals surface area (Å²) in [5, 5.41) is 3.48. The smallest absolute Gasteiger partial charge is 0.145 e. The summed E-state index contributed by atoms with van der Waals surface area (Å²) in [5.74, 6) is 1.63. The van der Waals surface area contributed by atoms with Gasteiger partial charge in [-0.15, -0.1) is 0 Å². The molecule has 0 unspecified atom stereocenters. The van der Waals surface area contributed by atoms with Gasteiger partial charge in [-0.05, 0) is 57.0 Å². The highest BCUT2D eigenvalue weighted by Crippen LogP contribution is 2.25. The number of hydrogen-bond donors (Lipinski definition) is 1. The molecule has 0 spiro atoms. The summed E-state index contributed by atoms with van der Waals surface area (Å²) < 4.78 is 5.83. The maximum Gasteiger partial charge on any atom is 0.145 e. The Morgan fingerprint density at radius 1 is 1.20 bits per heavy atom. The summed E-state index contributed by atoms with van der Waals surface area (Å²) in [5.41, 5.74) is 2.51. The Balaban J connectivity index is 2.06. The van der Waals surface area contributed by atoms with Crippen molar-refractivity contribution in [2.24, 2.45) is 0 Å². The van der Waals surface area contributed by atoms with Crippen LogP contribution in [0.2, 0.25) is 0 Å². The minimum Gasteiger partial charge on any atom is -0.455 e. The molecule has 106 valence electrons. The lowest BCUT2D eigenvalue weighted by Crippen LogP contribution is -2.35. The van der Waals surface area contributed by atoms with Crippen molar-refractivity contribution in [3.8, 4) is 11.5 Å². The fraction of sp³-hybridized carbons (Fsp3) is 0.353. The molecule has 0 fully saturated rings. The molecule has 3 heteroatoms. The van der Waals surface area contributed by atoms with E-state index < -0.39 is 0 Å². The average Bonchev–Trinajstić information content (AvgIpc) is 2.40. The summed E-state index contributed by atoms with van der Waals surface area (Å²) in [6.45, 7) is 9.42. The van der Waals surface area contributed by atoms with Crippen LogP contribution >= 0.6 is 0 Å². The molecule has 0 bridgehead atoms.